The molecule has 1 N–H and O–H groups in total. The maximum atomic E-state index is 13.1. The summed E-state index contributed by atoms with van der Waals surface area (Å²) in [6.07, 6.45) is 0. The van der Waals surface area contributed by atoms with Gasteiger partial charge in [0.15, 0.2) is 0 Å². The van der Waals surface area contributed by atoms with Crippen LogP contribution in [0.3, 0.4) is 0 Å². The van der Waals surface area contributed by atoms with Crippen LogP contribution in [0.4, 0.5) is 19.3 Å². The van der Waals surface area contributed by atoms with Crippen LogP contribution in [0.5, 0.6) is 0 Å². The van der Waals surface area contributed by atoms with Gasteiger partial charge in [0.05, 0.1) is 0 Å². The van der Waals surface area contributed by atoms with Crippen molar-refractivity contribution in [2.24, 2.45) is 0 Å². The molecule has 110 valence electrons. The fraction of sp³-hybridized carbons (Fsp3) is 0.133. The molecular weight excluding hydrogens is 342 g/mol. The Kier molecular flexibility index (Phi) is 4.90. The Balaban J connectivity index is 2.00. The molecule has 0 aliphatic rings. The lowest BCUT2D eigenvalue weighted by Crippen LogP contribution is -2.30. The second-order valence-corrected chi connectivity index (χ2v) is 5.49. The quantitative estimate of drug-likeness (QED) is 0.870. The molecule has 0 atom stereocenters. The number of hydrogen-bond acceptors (Lipinski definition) is 1. The first-order chi connectivity index (χ1) is 9.94. The number of hydrogen-bond donors (Lipinski definition) is 1. The van der Waals surface area contributed by atoms with E-state index in [0.717, 1.165) is 28.2 Å². The first-order valence-corrected chi connectivity index (χ1v) is 6.96. The standard InChI is InChI=1S/C15H13BrF2N2O/c1-20(9-10-2-4-11(16)5-3-10)15(21)19-14-7-12(17)6-13(18)8-14/h2-8H,9H2,1H3,(H,19,21). The molecule has 6 heteroatoms. The molecule has 0 aliphatic heterocycles. The summed E-state index contributed by atoms with van der Waals surface area (Å²) in [5, 5.41) is 2.45. The number of amides is 2. The minimum Gasteiger partial charge on any atom is -0.323 e. The number of nitrogens with zero attached hydrogens (tertiary/aromatic N) is 1. The van der Waals surface area contributed by atoms with Gasteiger partial charge in [0, 0.05) is 29.8 Å². The molecule has 0 bridgehead atoms. The molecule has 0 aliphatic carbocycles. The van der Waals surface area contributed by atoms with Gasteiger partial charge in [-0.3, -0.25) is 0 Å². The van der Waals surface area contributed by atoms with Crippen LogP contribution in [0, 0.1) is 11.6 Å². The molecule has 2 amide bonds. The summed E-state index contributed by atoms with van der Waals surface area (Å²) in [6, 6.07) is 9.96. The van der Waals surface area contributed by atoms with Gasteiger partial charge >= 0.3 is 6.03 Å². The van der Waals surface area contributed by atoms with E-state index >= 15 is 0 Å². The fourth-order valence-corrected chi connectivity index (χ4v) is 2.04. The van der Waals surface area contributed by atoms with E-state index < -0.39 is 17.7 Å². The number of benzene rings is 2. The summed E-state index contributed by atoms with van der Waals surface area (Å²) in [7, 11) is 1.60. The van der Waals surface area contributed by atoms with E-state index in [9.17, 15) is 13.6 Å². The predicted molar refractivity (Wildman–Crippen MR) is 81.0 cm³/mol. The number of halogens is 3. The van der Waals surface area contributed by atoms with Crippen molar-refractivity contribution in [1.82, 2.24) is 4.90 Å². The maximum Gasteiger partial charge on any atom is 0.321 e. The molecule has 0 fully saturated rings. The van der Waals surface area contributed by atoms with E-state index in [4.69, 9.17) is 0 Å². The number of nitrogens with one attached hydrogen (secondary N) is 1. The van der Waals surface area contributed by atoms with Crippen LogP contribution < -0.4 is 5.32 Å². The average Bonchev–Trinajstić information content (AvgIpc) is 2.40. The van der Waals surface area contributed by atoms with Crippen LogP contribution in [-0.4, -0.2) is 18.0 Å². The van der Waals surface area contributed by atoms with Gasteiger partial charge in [0.25, 0.3) is 0 Å². The van der Waals surface area contributed by atoms with Crippen LogP contribution in [0.1, 0.15) is 5.56 Å². The molecule has 0 aromatic heterocycles. The van der Waals surface area contributed by atoms with Crippen molar-refractivity contribution in [2.45, 2.75) is 6.54 Å². The van der Waals surface area contributed by atoms with Crippen LogP contribution >= 0.6 is 15.9 Å². The molecule has 0 radical (unpaired) electrons. The molecule has 0 spiro atoms. The van der Waals surface area contributed by atoms with Gasteiger partial charge in [-0.2, -0.15) is 0 Å². The smallest absolute Gasteiger partial charge is 0.321 e. The van der Waals surface area contributed by atoms with E-state index in [1.807, 2.05) is 24.3 Å². The monoisotopic (exact) mass is 354 g/mol. The highest BCUT2D eigenvalue weighted by atomic mass is 79.9. The molecule has 2 aromatic carbocycles. The third-order valence-electron chi connectivity index (χ3n) is 2.79. The Bertz CT molecular complexity index is 626. The van der Waals surface area contributed by atoms with Gasteiger partial charge in [0.2, 0.25) is 0 Å². The van der Waals surface area contributed by atoms with Crippen molar-refractivity contribution < 1.29 is 13.6 Å². The second kappa shape index (κ2) is 6.67. The third kappa shape index (κ3) is 4.53. The molecule has 2 rings (SSSR count). The summed E-state index contributed by atoms with van der Waals surface area (Å²) in [5.74, 6) is -1.47. The lowest BCUT2D eigenvalue weighted by Gasteiger charge is -2.18. The first kappa shape index (κ1) is 15.4. The van der Waals surface area contributed by atoms with Gasteiger partial charge in [-0.1, -0.05) is 28.1 Å². The summed E-state index contributed by atoms with van der Waals surface area (Å²) in [6.45, 7) is 0.386. The van der Waals surface area contributed by atoms with Crippen molar-refractivity contribution in [3.8, 4) is 0 Å². The SMILES string of the molecule is CN(Cc1ccc(Br)cc1)C(=O)Nc1cc(F)cc(F)c1. The summed E-state index contributed by atoms with van der Waals surface area (Å²) in [4.78, 5) is 13.4. The zero-order valence-electron chi connectivity index (χ0n) is 11.2. The average molecular weight is 355 g/mol. The van der Waals surface area contributed by atoms with Gasteiger partial charge in [0.1, 0.15) is 11.6 Å². The fourth-order valence-electron chi connectivity index (χ4n) is 1.78. The Morgan fingerprint density at radius 1 is 1.14 bits per heavy atom. The van der Waals surface area contributed by atoms with Gasteiger partial charge in [-0.25, -0.2) is 13.6 Å². The molecule has 21 heavy (non-hydrogen) atoms. The normalized spacial score (nSPS) is 10.3. The van der Waals surface area contributed by atoms with Gasteiger partial charge in [-0.05, 0) is 29.8 Å². The zero-order valence-corrected chi connectivity index (χ0v) is 12.8. The minimum absolute atomic E-state index is 0.0835. The van der Waals surface area contributed by atoms with E-state index in [2.05, 4.69) is 21.2 Å². The van der Waals surface area contributed by atoms with Crippen molar-refractivity contribution in [1.29, 1.82) is 0 Å². The van der Waals surface area contributed by atoms with Gasteiger partial charge in [-0.15, -0.1) is 0 Å². The predicted octanol–water partition coefficient (Wildman–Crippen LogP) is 4.39. The highest BCUT2D eigenvalue weighted by Gasteiger charge is 2.10. The van der Waals surface area contributed by atoms with Crippen molar-refractivity contribution in [3.63, 3.8) is 0 Å². The highest BCUT2D eigenvalue weighted by Crippen LogP contribution is 2.15. The van der Waals surface area contributed by atoms with Crippen molar-refractivity contribution >= 4 is 27.6 Å². The molecule has 0 heterocycles. The van der Waals surface area contributed by atoms with Crippen LogP contribution in [0.25, 0.3) is 0 Å². The Morgan fingerprint density at radius 2 is 1.71 bits per heavy atom. The minimum atomic E-state index is -0.735. The lowest BCUT2D eigenvalue weighted by molar-refractivity contribution is 0.220. The maximum absolute atomic E-state index is 13.1. The number of urea groups is 1. The second-order valence-electron chi connectivity index (χ2n) is 4.57. The number of carbonyl (C=O) groups excluding carboxylic acids is 1. The topological polar surface area (TPSA) is 32.3 Å². The summed E-state index contributed by atoms with van der Waals surface area (Å²) >= 11 is 3.33. The lowest BCUT2D eigenvalue weighted by atomic mass is 10.2. The largest absolute Gasteiger partial charge is 0.323 e. The van der Waals surface area contributed by atoms with Crippen LogP contribution in [0.15, 0.2) is 46.9 Å². The van der Waals surface area contributed by atoms with Crippen molar-refractivity contribution in [3.05, 3.63) is 64.1 Å². The molecule has 0 saturated heterocycles. The van der Waals surface area contributed by atoms with Crippen molar-refractivity contribution in [2.75, 3.05) is 12.4 Å². The number of carbonyl (C=O) groups is 1. The summed E-state index contributed by atoms with van der Waals surface area (Å²) < 4.78 is 27.1. The Labute approximate surface area is 129 Å². The molecule has 0 unspecified atom stereocenters. The van der Waals surface area contributed by atoms with E-state index in [-0.39, 0.29) is 5.69 Å². The van der Waals surface area contributed by atoms with Crippen LogP contribution in [-0.2, 0) is 6.54 Å². The number of anilines is 1. The zero-order chi connectivity index (χ0) is 15.4. The molecule has 2 aromatic rings. The van der Waals surface area contributed by atoms with E-state index in [1.54, 1.807) is 7.05 Å². The van der Waals surface area contributed by atoms with E-state index in [1.165, 1.54) is 4.90 Å². The Hall–Kier alpha value is -1.95. The molecule has 3 nitrogen and oxygen atoms in total. The highest BCUT2D eigenvalue weighted by molar-refractivity contribution is 9.10. The molecule has 0 saturated carbocycles. The van der Waals surface area contributed by atoms with Gasteiger partial charge < -0.3 is 10.2 Å². The van der Waals surface area contributed by atoms with Crippen LogP contribution in [0.2, 0.25) is 0 Å². The molecular formula is C15H13BrF2N2O. The summed E-state index contributed by atoms with van der Waals surface area (Å²) in [5.41, 5.74) is 1.03. The number of rotatable bonds is 3. The van der Waals surface area contributed by atoms with E-state index in [0.29, 0.717) is 6.54 Å². The third-order valence-corrected chi connectivity index (χ3v) is 3.32. The Morgan fingerprint density at radius 3 is 2.29 bits per heavy atom. The first-order valence-electron chi connectivity index (χ1n) is 6.17.